The maximum atomic E-state index is 10.9. The van der Waals surface area contributed by atoms with E-state index in [0.29, 0.717) is 25.5 Å². The van der Waals surface area contributed by atoms with E-state index < -0.39 is 4.92 Å². The van der Waals surface area contributed by atoms with Crippen molar-refractivity contribution in [2.24, 2.45) is 0 Å². The van der Waals surface area contributed by atoms with Crippen molar-refractivity contribution in [1.29, 1.82) is 0 Å². The van der Waals surface area contributed by atoms with Crippen molar-refractivity contribution < 1.29 is 14.4 Å². The van der Waals surface area contributed by atoms with Crippen molar-refractivity contribution in [3.05, 3.63) is 46.0 Å². The molecule has 0 saturated carbocycles. The molecule has 1 aromatic rings. The van der Waals surface area contributed by atoms with E-state index >= 15 is 0 Å². The summed E-state index contributed by atoms with van der Waals surface area (Å²) in [5.41, 5.74) is 0.914. The van der Waals surface area contributed by atoms with Gasteiger partial charge in [-0.3, -0.25) is 10.1 Å². The molecule has 1 N–H and O–H groups in total. The maximum absolute atomic E-state index is 10.9. The molecule has 0 unspecified atom stereocenters. The third-order valence-electron chi connectivity index (χ3n) is 2.60. The quantitative estimate of drug-likeness (QED) is 0.325. The Bertz CT molecular complexity index is 460. The van der Waals surface area contributed by atoms with E-state index in [1.807, 2.05) is 13.0 Å². The lowest BCUT2D eigenvalue weighted by atomic mass is 10.2. The topological polar surface area (TPSA) is 73.6 Å². The lowest BCUT2D eigenvalue weighted by Gasteiger charge is -2.08. The fourth-order valence-corrected chi connectivity index (χ4v) is 1.58. The van der Waals surface area contributed by atoms with Gasteiger partial charge in [-0.15, -0.1) is 0 Å². The van der Waals surface area contributed by atoms with E-state index in [4.69, 9.17) is 9.47 Å². The highest BCUT2D eigenvalue weighted by Crippen LogP contribution is 2.28. The molecule has 6 heteroatoms. The highest BCUT2D eigenvalue weighted by atomic mass is 16.6. The predicted molar refractivity (Wildman–Crippen MR) is 77.0 cm³/mol. The van der Waals surface area contributed by atoms with Crippen molar-refractivity contribution in [2.45, 2.75) is 13.5 Å². The molecule has 0 aromatic heterocycles. The number of ether oxygens (including phenoxy) is 2. The Hall–Kier alpha value is -1.92. The van der Waals surface area contributed by atoms with Gasteiger partial charge < -0.3 is 14.8 Å². The summed E-state index contributed by atoms with van der Waals surface area (Å²) >= 11 is 0. The number of methoxy groups -OCH3 is 1. The van der Waals surface area contributed by atoms with Gasteiger partial charge in [0.25, 0.3) is 0 Å². The van der Waals surface area contributed by atoms with E-state index in [1.54, 1.807) is 25.3 Å². The first-order valence-corrected chi connectivity index (χ1v) is 6.40. The molecule has 0 spiro atoms. The second-order valence-corrected chi connectivity index (χ2v) is 4.11. The normalized spacial score (nSPS) is 10.9. The van der Waals surface area contributed by atoms with Crippen molar-refractivity contribution in [1.82, 2.24) is 5.32 Å². The average Bonchev–Trinajstić information content (AvgIpc) is 2.44. The number of rotatable bonds is 9. The molecule has 0 aliphatic rings. The molecular formula is C14H20N2O4. The van der Waals surface area contributed by atoms with Crippen LogP contribution >= 0.6 is 0 Å². The summed E-state index contributed by atoms with van der Waals surface area (Å²) in [5.74, 6) is 0.291. The van der Waals surface area contributed by atoms with Crippen molar-refractivity contribution in [2.75, 3.05) is 26.9 Å². The van der Waals surface area contributed by atoms with E-state index in [-0.39, 0.29) is 5.69 Å². The Morgan fingerprint density at radius 3 is 2.90 bits per heavy atom. The van der Waals surface area contributed by atoms with E-state index in [0.717, 1.165) is 12.1 Å². The Balaban J connectivity index is 2.73. The van der Waals surface area contributed by atoms with Gasteiger partial charge in [0.1, 0.15) is 6.61 Å². The van der Waals surface area contributed by atoms with Crippen molar-refractivity contribution in [3.63, 3.8) is 0 Å². The first-order valence-electron chi connectivity index (χ1n) is 6.40. The number of nitro groups is 1. The molecule has 0 bridgehead atoms. The van der Waals surface area contributed by atoms with Gasteiger partial charge in [-0.05, 0) is 18.6 Å². The van der Waals surface area contributed by atoms with Crippen LogP contribution in [-0.4, -0.2) is 31.8 Å². The van der Waals surface area contributed by atoms with Gasteiger partial charge in [0.15, 0.2) is 5.75 Å². The molecule has 0 radical (unpaired) electrons. The number of hydrogen-bond donors (Lipinski definition) is 1. The summed E-state index contributed by atoms with van der Waals surface area (Å²) in [6.45, 7) is 4.15. The van der Waals surface area contributed by atoms with Gasteiger partial charge in [0.2, 0.25) is 0 Å². The predicted octanol–water partition coefficient (Wildman–Crippen LogP) is 2.29. The highest BCUT2D eigenvalue weighted by molar-refractivity contribution is 5.48. The molecule has 0 heterocycles. The molecule has 0 amide bonds. The largest absolute Gasteiger partial charge is 0.483 e. The van der Waals surface area contributed by atoms with Crippen molar-refractivity contribution >= 4 is 5.69 Å². The Labute approximate surface area is 118 Å². The summed E-state index contributed by atoms with van der Waals surface area (Å²) in [6, 6.07) is 4.89. The average molecular weight is 280 g/mol. The second kappa shape index (κ2) is 9.06. The molecule has 20 heavy (non-hydrogen) atoms. The second-order valence-electron chi connectivity index (χ2n) is 4.11. The van der Waals surface area contributed by atoms with Gasteiger partial charge in [0.05, 0.1) is 11.5 Å². The summed E-state index contributed by atoms with van der Waals surface area (Å²) in [7, 11) is 1.64. The van der Waals surface area contributed by atoms with Gasteiger partial charge in [-0.25, -0.2) is 0 Å². The maximum Gasteiger partial charge on any atom is 0.310 e. The summed E-state index contributed by atoms with van der Waals surface area (Å²) in [4.78, 5) is 10.5. The third kappa shape index (κ3) is 5.38. The minimum absolute atomic E-state index is 0.0184. The van der Waals surface area contributed by atoms with Crippen LogP contribution < -0.4 is 10.1 Å². The van der Waals surface area contributed by atoms with Gasteiger partial charge in [0, 0.05) is 26.3 Å². The SMILES string of the molecule is CC=CCOc1cc(CNCCOC)ccc1[N+](=O)[O-]. The molecule has 0 aliphatic heterocycles. The van der Waals surface area contributed by atoms with Crippen molar-refractivity contribution in [3.8, 4) is 5.75 Å². The fourth-order valence-electron chi connectivity index (χ4n) is 1.58. The third-order valence-corrected chi connectivity index (χ3v) is 2.60. The Morgan fingerprint density at radius 2 is 2.25 bits per heavy atom. The Kier molecular flexibility index (Phi) is 7.31. The number of benzene rings is 1. The zero-order chi connectivity index (χ0) is 14.8. The first-order chi connectivity index (χ1) is 9.69. The molecule has 110 valence electrons. The summed E-state index contributed by atoms with van der Waals surface area (Å²) < 4.78 is 10.4. The van der Waals surface area contributed by atoms with E-state index in [1.165, 1.54) is 6.07 Å². The van der Waals surface area contributed by atoms with Crippen LogP contribution in [-0.2, 0) is 11.3 Å². The minimum atomic E-state index is -0.437. The summed E-state index contributed by atoms with van der Waals surface area (Å²) in [6.07, 6.45) is 3.63. The number of nitrogens with one attached hydrogen (secondary N) is 1. The number of nitro benzene ring substituents is 1. The van der Waals surface area contributed by atoms with Crippen LogP contribution in [0.1, 0.15) is 12.5 Å². The van der Waals surface area contributed by atoms with Crippen LogP contribution in [0.3, 0.4) is 0 Å². The zero-order valence-corrected chi connectivity index (χ0v) is 11.8. The molecule has 1 aromatic carbocycles. The molecule has 0 atom stereocenters. The highest BCUT2D eigenvalue weighted by Gasteiger charge is 2.15. The number of allylic oxidation sites excluding steroid dienone is 1. The van der Waals surface area contributed by atoms with Gasteiger partial charge in [-0.1, -0.05) is 18.2 Å². The molecule has 0 fully saturated rings. The van der Waals surface area contributed by atoms with Gasteiger partial charge >= 0.3 is 5.69 Å². The van der Waals surface area contributed by atoms with Crippen LogP contribution in [0.15, 0.2) is 30.4 Å². The Morgan fingerprint density at radius 1 is 1.45 bits per heavy atom. The smallest absolute Gasteiger partial charge is 0.310 e. The molecule has 6 nitrogen and oxygen atoms in total. The van der Waals surface area contributed by atoms with Crippen LogP contribution in [0.2, 0.25) is 0 Å². The minimum Gasteiger partial charge on any atom is -0.483 e. The van der Waals surface area contributed by atoms with E-state index in [9.17, 15) is 10.1 Å². The number of nitrogens with zero attached hydrogens (tertiary/aromatic N) is 1. The molecule has 1 rings (SSSR count). The summed E-state index contributed by atoms with van der Waals surface area (Å²) in [5, 5.41) is 14.1. The standard InChI is InChI=1S/C14H20N2O4/c1-3-4-8-20-14-10-12(11-15-7-9-19-2)5-6-13(14)16(17)18/h3-6,10,15H,7-9,11H2,1-2H3. The molecular weight excluding hydrogens is 260 g/mol. The number of hydrogen-bond acceptors (Lipinski definition) is 5. The van der Waals surface area contributed by atoms with Crippen LogP contribution in [0.4, 0.5) is 5.69 Å². The zero-order valence-electron chi connectivity index (χ0n) is 11.8. The lowest BCUT2D eigenvalue weighted by Crippen LogP contribution is -2.18. The lowest BCUT2D eigenvalue weighted by molar-refractivity contribution is -0.385. The monoisotopic (exact) mass is 280 g/mol. The fraction of sp³-hybridized carbons (Fsp3) is 0.429. The molecule has 0 aliphatic carbocycles. The van der Waals surface area contributed by atoms with Crippen LogP contribution in [0.25, 0.3) is 0 Å². The van der Waals surface area contributed by atoms with Crippen LogP contribution in [0.5, 0.6) is 5.75 Å². The van der Waals surface area contributed by atoms with E-state index in [2.05, 4.69) is 5.32 Å². The van der Waals surface area contributed by atoms with Crippen LogP contribution in [0, 0.1) is 10.1 Å². The molecule has 0 saturated heterocycles. The first kappa shape index (κ1) is 16.1. The van der Waals surface area contributed by atoms with Gasteiger partial charge in [-0.2, -0.15) is 0 Å².